The fraction of sp³-hybridized carbons (Fsp3) is 0. The Morgan fingerprint density at radius 1 is 1.14 bits per heavy atom. The van der Waals surface area contributed by atoms with Crippen molar-refractivity contribution in [3.8, 4) is 5.75 Å². The van der Waals surface area contributed by atoms with Crippen molar-refractivity contribution in [2.75, 3.05) is 0 Å². The third kappa shape index (κ3) is 1.28. The molecule has 0 bridgehead atoms. The molecule has 0 amide bonds. The van der Waals surface area contributed by atoms with Gasteiger partial charge in [0, 0.05) is 17.2 Å². The number of fused-ring (bicyclic) bond motifs is 1. The van der Waals surface area contributed by atoms with E-state index in [0.717, 1.165) is 0 Å². The Balaban J connectivity index is 2.69. The Labute approximate surface area is 88.2 Å². The molecule has 1 aliphatic carbocycles. The van der Waals surface area contributed by atoms with Crippen molar-refractivity contribution >= 4 is 27.5 Å². The highest BCUT2D eigenvalue weighted by Crippen LogP contribution is 2.27. The molecule has 14 heavy (non-hydrogen) atoms. The zero-order valence-electron chi connectivity index (χ0n) is 6.95. The number of phenolic OH excluding ortho intramolecular Hbond substituents is 1. The number of Topliss-reactive ketones (excluding diaryl/α,β-unsaturated/α-hetero) is 1. The summed E-state index contributed by atoms with van der Waals surface area (Å²) in [6.45, 7) is 0. The minimum atomic E-state index is -0.282. The van der Waals surface area contributed by atoms with Gasteiger partial charge in [-0.1, -0.05) is 0 Å². The molecule has 0 saturated carbocycles. The molecule has 0 heterocycles. The summed E-state index contributed by atoms with van der Waals surface area (Å²) >= 11 is 3.00. The number of rotatable bonds is 0. The molecule has 2 rings (SSSR count). The van der Waals surface area contributed by atoms with Crippen molar-refractivity contribution in [1.29, 1.82) is 0 Å². The van der Waals surface area contributed by atoms with Crippen LogP contribution in [-0.2, 0) is 0 Å². The first-order valence-electron chi connectivity index (χ1n) is 3.89. The summed E-state index contributed by atoms with van der Waals surface area (Å²) in [5, 5.41) is 9.18. The van der Waals surface area contributed by atoms with Crippen LogP contribution in [0.3, 0.4) is 0 Å². The summed E-state index contributed by atoms with van der Waals surface area (Å²) in [7, 11) is 0. The van der Waals surface area contributed by atoms with Crippen LogP contribution in [0.2, 0.25) is 0 Å². The SMILES string of the molecule is O=C1C=C(Br)C(=O)c2cc(O)ccc21. The summed E-state index contributed by atoms with van der Waals surface area (Å²) < 4.78 is 0.223. The lowest BCUT2D eigenvalue weighted by Gasteiger charge is -2.10. The Morgan fingerprint density at radius 3 is 2.57 bits per heavy atom. The molecular formula is C10H5BrO3. The van der Waals surface area contributed by atoms with Gasteiger partial charge in [-0.05, 0) is 34.1 Å². The molecule has 0 aliphatic heterocycles. The number of allylic oxidation sites excluding steroid dienone is 2. The number of halogens is 1. The van der Waals surface area contributed by atoms with E-state index in [2.05, 4.69) is 15.9 Å². The molecule has 0 atom stereocenters. The van der Waals surface area contributed by atoms with Crippen molar-refractivity contribution in [3.05, 3.63) is 39.9 Å². The maximum Gasteiger partial charge on any atom is 0.200 e. The average molecular weight is 253 g/mol. The largest absolute Gasteiger partial charge is 0.508 e. The third-order valence-electron chi connectivity index (χ3n) is 1.99. The highest BCUT2D eigenvalue weighted by Gasteiger charge is 2.24. The summed E-state index contributed by atoms with van der Waals surface area (Å²) in [4.78, 5) is 22.9. The van der Waals surface area contributed by atoms with Crippen LogP contribution < -0.4 is 0 Å². The summed E-state index contributed by atoms with van der Waals surface area (Å²) in [5.41, 5.74) is 0.570. The minimum Gasteiger partial charge on any atom is -0.508 e. The first-order valence-corrected chi connectivity index (χ1v) is 4.68. The number of aromatic hydroxyl groups is 1. The first-order chi connectivity index (χ1) is 6.59. The maximum absolute atomic E-state index is 11.5. The normalized spacial score (nSPS) is 15.1. The Bertz CT molecular complexity index is 474. The second-order valence-electron chi connectivity index (χ2n) is 2.92. The van der Waals surface area contributed by atoms with Crippen LogP contribution >= 0.6 is 15.9 Å². The number of carbonyl (C=O) groups excluding carboxylic acids is 2. The molecule has 3 nitrogen and oxygen atoms in total. The first kappa shape index (κ1) is 9.15. The van der Waals surface area contributed by atoms with E-state index in [1.165, 1.54) is 24.3 Å². The topological polar surface area (TPSA) is 54.4 Å². The van der Waals surface area contributed by atoms with Gasteiger partial charge in [0.1, 0.15) is 5.75 Å². The highest BCUT2D eigenvalue weighted by atomic mass is 79.9. The summed E-state index contributed by atoms with van der Waals surface area (Å²) in [6, 6.07) is 4.13. The summed E-state index contributed by atoms with van der Waals surface area (Å²) in [6.07, 6.45) is 1.24. The Hall–Kier alpha value is -1.42. The lowest BCUT2D eigenvalue weighted by Crippen LogP contribution is -2.13. The van der Waals surface area contributed by atoms with E-state index in [1.54, 1.807) is 0 Å². The van der Waals surface area contributed by atoms with Crippen LogP contribution in [0.25, 0.3) is 0 Å². The van der Waals surface area contributed by atoms with Gasteiger partial charge in [0.15, 0.2) is 5.78 Å². The molecule has 1 aromatic carbocycles. The molecular weight excluding hydrogens is 248 g/mol. The van der Waals surface area contributed by atoms with Crippen molar-refractivity contribution in [1.82, 2.24) is 0 Å². The van der Waals surface area contributed by atoms with Crippen molar-refractivity contribution < 1.29 is 14.7 Å². The lowest BCUT2D eigenvalue weighted by atomic mass is 9.95. The Kier molecular flexibility index (Phi) is 2.00. The fourth-order valence-electron chi connectivity index (χ4n) is 1.32. The smallest absolute Gasteiger partial charge is 0.200 e. The van der Waals surface area contributed by atoms with E-state index in [0.29, 0.717) is 5.56 Å². The average Bonchev–Trinajstić information content (AvgIpc) is 2.14. The standard InChI is InChI=1S/C10H5BrO3/c11-8-4-9(13)6-2-1-5(12)3-7(6)10(8)14/h1-4,12H. The lowest BCUT2D eigenvalue weighted by molar-refractivity contribution is 0.0991. The van der Waals surface area contributed by atoms with Crippen LogP contribution in [0.4, 0.5) is 0 Å². The predicted octanol–water partition coefficient (Wildman–Crippen LogP) is 2.05. The fourth-order valence-corrected chi connectivity index (χ4v) is 1.74. The van der Waals surface area contributed by atoms with Crippen LogP contribution in [0.5, 0.6) is 5.75 Å². The molecule has 0 saturated heterocycles. The van der Waals surface area contributed by atoms with Crippen molar-refractivity contribution in [2.24, 2.45) is 0 Å². The van der Waals surface area contributed by atoms with Gasteiger partial charge in [0.25, 0.3) is 0 Å². The van der Waals surface area contributed by atoms with Gasteiger partial charge in [-0.15, -0.1) is 0 Å². The molecule has 0 fully saturated rings. The monoisotopic (exact) mass is 252 g/mol. The maximum atomic E-state index is 11.5. The second kappa shape index (κ2) is 3.06. The molecule has 1 aliphatic rings. The number of phenols is 1. The molecule has 0 radical (unpaired) electrons. The van der Waals surface area contributed by atoms with Gasteiger partial charge < -0.3 is 5.11 Å². The van der Waals surface area contributed by atoms with Gasteiger partial charge in [0.2, 0.25) is 5.78 Å². The Morgan fingerprint density at radius 2 is 1.86 bits per heavy atom. The summed E-state index contributed by atoms with van der Waals surface area (Å²) in [5.74, 6) is -0.533. The third-order valence-corrected chi connectivity index (χ3v) is 2.58. The van der Waals surface area contributed by atoms with Crippen LogP contribution in [0.1, 0.15) is 20.7 Å². The number of carbonyl (C=O) groups is 2. The van der Waals surface area contributed by atoms with Crippen LogP contribution in [-0.4, -0.2) is 16.7 Å². The van der Waals surface area contributed by atoms with E-state index in [4.69, 9.17) is 0 Å². The second-order valence-corrected chi connectivity index (χ2v) is 3.77. The van der Waals surface area contributed by atoms with E-state index < -0.39 is 0 Å². The quantitative estimate of drug-likeness (QED) is 0.769. The van der Waals surface area contributed by atoms with Crippen molar-refractivity contribution in [3.63, 3.8) is 0 Å². The molecule has 1 N–H and O–H groups in total. The van der Waals surface area contributed by atoms with Gasteiger partial charge in [0.05, 0.1) is 4.48 Å². The van der Waals surface area contributed by atoms with E-state index in [1.807, 2.05) is 0 Å². The zero-order valence-corrected chi connectivity index (χ0v) is 8.54. The molecule has 1 aromatic rings. The predicted molar refractivity (Wildman–Crippen MR) is 53.8 cm³/mol. The number of benzene rings is 1. The molecule has 70 valence electrons. The van der Waals surface area contributed by atoms with E-state index in [-0.39, 0.29) is 27.4 Å². The molecule has 4 heteroatoms. The van der Waals surface area contributed by atoms with Crippen LogP contribution in [0, 0.1) is 0 Å². The minimum absolute atomic E-state index is 0.0212. The van der Waals surface area contributed by atoms with Crippen molar-refractivity contribution in [2.45, 2.75) is 0 Å². The van der Waals surface area contributed by atoms with Gasteiger partial charge in [-0.3, -0.25) is 9.59 Å². The van der Waals surface area contributed by atoms with E-state index in [9.17, 15) is 14.7 Å². The zero-order chi connectivity index (χ0) is 10.3. The van der Waals surface area contributed by atoms with Crippen LogP contribution in [0.15, 0.2) is 28.8 Å². The number of ketones is 2. The van der Waals surface area contributed by atoms with Gasteiger partial charge in [-0.25, -0.2) is 0 Å². The molecule has 0 spiro atoms. The number of hydrogen-bond donors (Lipinski definition) is 1. The van der Waals surface area contributed by atoms with Gasteiger partial charge >= 0.3 is 0 Å². The number of hydrogen-bond acceptors (Lipinski definition) is 3. The highest BCUT2D eigenvalue weighted by molar-refractivity contribution is 9.12. The van der Waals surface area contributed by atoms with E-state index >= 15 is 0 Å². The molecule has 0 unspecified atom stereocenters. The van der Waals surface area contributed by atoms with Gasteiger partial charge in [-0.2, -0.15) is 0 Å². The molecule has 0 aromatic heterocycles.